The Morgan fingerprint density at radius 3 is 2.59 bits per heavy atom. The Morgan fingerprint density at radius 2 is 1.92 bits per heavy atom. The number of nitrogens with zero attached hydrogens (tertiary/aromatic N) is 5. The molecule has 0 atom stereocenters. The number of carbonyl (C=O) groups excluding carboxylic acids is 3. The summed E-state index contributed by atoms with van der Waals surface area (Å²) >= 11 is 1.39. The number of carbonyl (C=O) groups is 3. The van der Waals surface area contributed by atoms with Gasteiger partial charge in [-0.3, -0.25) is 19.4 Å². The summed E-state index contributed by atoms with van der Waals surface area (Å²) < 4.78 is 6.02. The molecule has 0 saturated heterocycles. The first kappa shape index (κ1) is 30.0. The van der Waals surface area contributed by atoms with Gasteiger partial charge in [-0.1, -0.05) is 6.07 Å². The molecular formula is C28H34ClN5O4S. The van der Waals surface area contributed by atoms with E-state index in [9.17, 15) is 14.4 Å². The van der Waals surface area contributed by atoms with Crippen molar-refractivity contribution in [3.05, 3.63) is 64.9 Å². The average molecular weight is 572 g/mol. The Hall–Kier alpha value is -3.50. The van der Waals surface area contributed by atoms with Crippen molar-refractivity contribution < 1.29 is 19.1 Å². The summed E-state index contributed by atoms with van der Waals surface area (Å²) in [7, 11) is 1.68. The zero-order valence-corrected chi connectivity index (χ0v) is 24.3. The number of aromatic nitrogens is 2. The van der Waals surface area contributed by atoms with Crippen LogP contribution < -0.4 is 14.5 Å². The summed E-state index contributed by atoms with van der Waals surface area (Å²) in [5.41, 5.74) is 3.31. The van der Waals surface area contributed by atoms with E-state index in [1.54, 1.807) is 53.8 Å². The highest BCUT2D eigenvalue weighted by atomic mass is 35.5. The van der Waals surface area contributed by atoms with E-state index in [0.29, 0.717) is 61.9 Å². The van der Waals surface area contributed by atoms with Gasteiger partial charge in [0, 0.05) is 50.5 Å². The van der Waals surface area contributed by atoms with Gasteiger partial charge in [-0.05, 0) is 57.4 Å². The van der Waals surface area contributed by atoms with Crippen LogP contribution in [0.3, 0.4) is 0 Å². The summed E-state index contributed by atoms with van der Waals surface area (Å²) in [5.74, 6) is 0.00803. The number of hydrogen-bond acceptors (Lipinski definition) is 7. The molecular weight excluding hydrogens is 538 g/mol. The van der Waals surface area contributed by atoms with Crippen molar-refractivity contribution in [2.24, 2.45) is 5.41 Å². The first-order chi connectivity index (χ1) is 18.2. The minimum absolute atomic E-state index is 0. The van der Waals surface area contributed by atoms with Crippen LogP contribution in [-0.4, -0.2) is 65.9 Å². The summed E-state index contributed by atoms with van der Waals surface area (Å²) in [4.78, 5) is 52.5. The van der Waals surface area contributed by atoms with Crippen molar-refractivity contribution in [1.82, 2.24) is 14.9 Å². The van der Waals surface area contributed by atoms with Gasteiger partial charge in [0.15, 0.2) is 0 Å². The van der Waals surface area contributed by atoms with E-state index in [1.807, 2.05) is 37.4 Å². The second-order valence-electron chi connectivity index (χ2n) is 9.67. The Balaban J connectivity index is 0.00000420. The number of anilines is 2. The fraction of sp³-hybridized carbons (Fsp3) is 0.393. The Labute approximate surface area is 239 Å². The molecule has 1 aromatic carbocycles. The molecule has 0 bridgehead atoms. The number of pyridine rings is 1. The van der Waals surface area contributed by atoms with Gasteiger partial charge in [0.1, 0.15) is 16.9 Å². The second-order valence-corrected chi connectivity index (χ2v) is 10.4. The smallest absolute Gasteiger partial charge is 0.273 e. The van der Waals surface area contributed by atoms with Crippen LogP contribution in [0.2, 0.25) is 0 Å². The Bertz CT molecular complexity index is 1290. The van der Waals surface area contributed by atoms with Crippen LogP contribution in [0.1, 0.15) is 43.2 Å². The van der Waals surface area contributed by atoms with Crippen LogP contribution in [0.5, 0.6) is 5.75 Å². The number of amides is 3. The van der Waals surface area contributed by atoms with Crippen molar-refractivity contribution in [3.8, 4) is 5.75 Å². The molecule has 4 rings (SSSR count). The van der Waals surface area contributed by atoms with E-state index < -0.39 is 5.41 Å². The summed E-state index contributed by atoms with van der Waals surface area (Å²) in [6.45, 7) is 7.10. The van der Waals surface area contributed by atoms with Crippen LogP contribution >= 0.6 is 23.7 Å². The van der Waals surface area contributed by atoms with Crippen molar-refractivity contribution in [1.29, 1.82) is 0 Å². The maximum atomic E-state index is 13.1. The lowest BCUT2D eigenvalue weighted by molar-refractivity contribution is -0.137. The molecule has 11 heteroatoms. The molecule has 1 aliphatic heterocycles. The number of halogens is 1. The van der Waals surface area contributed by atoms with E-state index in [1.165, 1.54) is 16.2 Å². The van der Waals surface area contributed by atoms with E-state index in [-0.39, 0.29) is 30.1 Å². The van der Waals surface area contributed by atoms with Gasteiger partial charge >= 0.3 is 0 Å². The maximum absolute atomic E-state index is 13.1. The number of ether oxygens (including phenoxy) is 1. The first-order valence-corrected chi connectivity index (χ1v) is 13.6. The molecule has 0 saturated carbocycles. The van der Waals surface area contributed by atoms with Gasteiger partial charge in [-0.2, -0.15) is 0 Å². The molecule has 1 aliphatic rings. The molecule has 0 radical (unpaired) electrons. The molecule has 3 aromatic rings. The molecule has 208 valence electrons. The fourth-order valence-electron chi connectivity index (χ4n) is 4.52. The van der Waals surface area contributed by atoms with Crippen molar-refractivity contribution in [2.45, 2.75) is 33.6 Å². The average Bonchev–Trinajstić information content (AvgIpc) is 3.46. The lowest BCUT2D eigenvalue weighted by atomic mass is 9.90. The largest absolute Gasteiger partial charge is 0.493 e. The monoisotopic (exact) mass is 571 g/mol. The third kappa shape index (κ3) is 6.57. The summed E-state index contributed by atoms with van der Waals surface area (Å²) in [5, 5.41) is 1.76. The molecule has 39 heavy (non-hydrogen) atoms. The molecule has 3 heterocycles. The molecule has 9 nitrogen and oxygen atoms in total. The predicted molar refractivity (Wildman–Crippen MR) is 155 cm³/mol. The van der Waals surface area contributed by atoms with Gasteiger partial charge in [0.05, 0.1) is 23.5 Å². The topological polar surface area (TPSA) is 95.9 Å². The highest BCUT2D eigenvalue weighted by Gasteiger charge is 2.45. The van der Waals surface area contributed by atoms with Gasteiger partial charge in [0.2, 0.25) is 11.8 Å². The molecule has 0 N–H and O–H groups in total. The van der Waals surface area contributed by atoms with E-state index >= 15 is 0 Å². The summed E-state index contributed by atoms with van der Waals surface area (Å²) in [6, 6.07) is 9.31. The molecule has 0 fully saturated rings. The van der Waals surface area contributed by atoms with Crippen LogP contribution in [0.15, 0.2) is 53.6 Å². The molecule has 0 spiro atoms. The Kier molecular flexibility index (Phi) is 10.0. The van der Waals surface area contributed by atoms with E-state index in [4.69, 9.17) is 4.74 Å². The lowest BCUT2D eigenvalue weighted by Crippen LogP contribution is -2.47. The number of benzene rings is 1. The predicted octanol–water partition coefficient (Wildman–Crippen LogP) is 4.47. The van der Waals surface area contributed by atoms with Crippen LogP contribution in [0.25, 0.3) is 0 Å². The number of hydrogen-bond donors (Lipinski definition) is 0. The number of fused-ring (bicyclic) bond motifs is 1. The first-order valence-electron chi connectivity index (χ1n) is 12.7. The molecule has 0 unspecified atom stereocenters. The van der Waals surface area contributed by atoms with Crippen LogP contribution in [0.4, 0.5) is 11.4 Å². The SMILES string of the molecule is CCN1C(=O)C(C)(C)C(=O)N(C)c2cc(OCCCN(CCc3cccnc3)C(=O)c3cscn3)ccc21.Cl. The second kappa shape index (κ2) is 13.0. The zero-order chi connectivity index (χ0) is 27.3. The highest BCUT2D eigenvalue weighted by Crippen LogP contribution is 2.40. The third-order valence-corrected chi connectivity index (χ3v) is 7.29. The fourth-order valence-corrected chi connectivity index (χ4v) is 5.05. The van der Waals surface area contributed by atoms with E-state index in [2.05, 4.69) is 9.97 Å². The summed E-state index contributed by atoms with van der Waals surface area (Å²) in [6.07, 6.45) is 4.84. The van der Waals surface area contributed by atoms with Gasteiger partial charge < -0.3 is 19.4 Å². The number of thiazole rings is 1. The minimum atomic E-state index is -1.16. The Morgan fingerprint density at radius 1 is 1.13 bits per heavy atom. The molecule has 3 amide bonds. The normalized spacial score (nSPS) is 14.4. The van der Waals surface area contributed by atoms with Crippen LogP contribution in [-0.2, 0) is 16.0 Å². The van der Waals surface area contributed by atoms with Gasteiger partial charge in [-0.25, -0.2) is 4.98 Å². The highest BCUT2D eigenvalue weighted by molar-refractivity contribution is 7.07. The standard InChI is InChI=1S/C28H33N5O4S.ClH/c1-5-33-23-10-9-21(16-24(23)31(4)26(35)28(2,3)27(33)36)37-15-7-13-32(25(34)22-18-38-19-30-22)14-11-20-8-6-12-29-17-20;/h6,8-10,12,16-19H,5,7,11,13-15H2,1-4H3;1H. The van der Waals surface area contributed by atoms with Crippen molar-refractivity contribution in [3.63, 3.8) is 0 Å². The van der Waals surface area contributed by atoms with Crippen molar-refractivity contribution in [2.75, 3.05) is 43.1 Å². The van der Waals surface area contributed by atoms with Crippen LogP contribution in [0, 0.1) is 5.41 Å². The third-order valence-electron chi connectivity index (χ3n) is 6.71. The zero-order valence-electron chi connectivity index (χ0n) is 22.6. The van der Waals surface area contributed by atoms with Gasteiger partial charge in [0.25, 0.3) is 5.91 Å². The quantitative estimate of drug-likeness (QED) is 0.263. The van der Waals surface area contributed by atoms with Gasteiger partial charge in [-0.15, -0.1) is 23.7 Å². The van der Waals surface area contributed by atoms with Crippen molar-refractivity contribution >= 4 is 52.8 Å². The molecule has 2 aromatic heterocycles. The lowest BCUT2D eigenvalue weighted by Gasteiger charge is -2.27. The number of rotatable bonds is 10. The maximum Gasteiger partial charge on any atom is 0.273 e. The minimum Gasteiger partial charge on any atom is -0.493 e. The van der Waals surface area contributed by atoms with E-state index in [0.717, 1.165) is 5.56 Å². The molecule has 0 aliphatic carbocycles.